The molecule has 1 heterocycles. The van der Waals surface area contributed by atoms with Crippen molar-refractivity contribution in [2.24, 2.45) is 0 Å². The van der Waals surface area contributed by atoms with Crippen molar-refractivity contribution in [3.63, 3.8) is 0 Å². The Morgan fingerprint density at radius 2 is 1.68 bits per heavy atom. The van der Waals surface area contributed by atoms with Gasteiger partial charge >= 0.3 is 0 Å². The Morgan fingerprint density at radius 3 is 2.36 bits per heavy atom. The molecule has 0 saturated heterocycles. The fourth-order valence-corrected chi connectivity index (χ4v) is 3.05. The fraction of sp³-hybridized carbons (Fsp3) is 0.0588. The van der Waals surface area contributed by atoms with Crippen LogP contribution in [0.2, 0.25) is 0 Å². The first kappa shape index (κ1) is 17.0. The monoisotopic (exact) mass is 363 g/mol. The summed E-state index contributed by atoms with van der Waals surface area (Å²) in [6.45, 7) is 1.63. The summed E-state index contributed by atoms with van der Waals surface area (Å²) in [5.74, 6) is -2.51. The standard InChI is InChI=1S/C17H12F3N3OS/c1-9-15(16(24)22-14-7-11(19)5-12(20)8-14)25-17(21-9)23-13-4-2-3-10(18)6-13/h2-8H,1H3,(H,21,23)(H,22,24). The number of hydrogen-bond donors (Lipinski definition) is 2. The smallest absolute Gasteiger partial charge is 0.267 e. The zero-order valence-corrected chi connectivity index (χ0v) is 13.8. The third-order valence-corrected chi connectivity index (χ3v) is 4.27. The maximum absolute atomic E-state index is 13.2. The van der Waals surface area contributed by atoms with Gasteiger partial charge in [0, 0.05) is 17.4 Å². The number of carbonyl (C=O) groups is 1. The molecule has 0 atom stereocenters. The van der Waals surface area contributed by atoms with E-state index >= 15 is 0 Å². The molecule has 1 amide bonds. The summed E-state index contributed by atoms with van der Waals surface area (Å²) >= 11 is 1.05. The molecule has 4 nitrogen and oxygen atoms in total. The number of aryl methyl sites for hydroxylation is 1. The maximum Gasteiger partial charge on any atom is 0.267 e. The van der Waals surface area contributed by atoms with E-state index in [1.807, 2.05) is 0 Å². The van der Waals surface area contributed by atoms with Crippen LogP contribution in [0.1, 0.15) is 15.4 Å². The van der Waals surface area contributed by atoms with Gasteiger partial charge in [-0.25, -0.2) is 18.2 Å². The number of benzene rings is 2. The van der Waals surface area contributed by atoms with Gasteiger partial charge < -0.3 is 10.6 Å². The second kappa shape index (κ2) is 6.94. The minimum atomic E-state index is -0.787. The SMILES string of the molecule is Cc1nc(Nc2cccc(F)c2)sc1C(=O)Nc1cc(F)cc(F)c1. The lowest BCUT2D eigenvalue weighted by molar-refractivity contribution is 0.103. The number of halogens is 3. The molecule has 0 aliphatic carbocycles. The number of nitrogens with one attached hydrogen (secondary N) is 2. The first-order valence-corrected chi connectivity index (χ1v) is 8.00. The Bertz CT molecular complexity index is 922. The summed E-state index contributed by atoms with van der Waals surface area (Å²) in [5, 5.41) is 5.74. The van der Waals surface area contributed by atoms with Gasteiger partial charge in [0.05, 0.1) is 5.69 Å². The molecule has 3 rings (SSSR count). The highest BCUT2D eigenvalue weighted by Crippen LogP contribution is 2.27. The van der Waals surface area contributed by atoms with Crippen LogP contribution in [0, 0.1) is 24.4 Å². The molecule has 3 aromatic rings. The molecule has 2 N–H and O–H groups in total. The summed E-state index contributed by atoms with van der Waals surface area (Å²) in [5.41, 5.74) is 0.945. The van der Waals surface area contributed by atoms with Crippen LogP contribution in [0.25, 0.3) is 0 Å². The number of carbonyl (C=O) groups excluding carboxylic acids is 1. The van der Waals surface area contributed by atoms with Crippen molar-refractivity contribution >= 4 is 33.8 Å². The van der Waals surface area contributed by atoms with Gasteiger partial charge in [-0.2, -0.15) is 0 Å². The van der Waals surface area contributed by atoms with E-state index < -0.39 is 23.4 Å². The fourth-order valence-electron chi connectivity index (χ4n) is 2.16. The molecule has 8 heteroatoms. The van der Waals surface area contributed by atoms with E-state index in [2.05, 4.69) is 15.6 Å². The van der Waals surface area contributed by atoms with E-state index in [1.54, 1.807) is 19.1 Å². The second-order valence-electron chi connectivity index (χ2n) is 5.18. The summed E-state index contributed by atoms with van der Waals surface area (Å²) in [6, 6.07) is 8.57. The van der Waals surface area contributed by atoms with Crippen molar-refractivity contribution in [3.05, 3.63) is 70.5 Å². The first-order chi connectivity index (χ1) is 11.9. The van der Waals surface area contributed by atoms with Gasteiger partial charge in [-0.05, 0) is 37.3 Å². The van der Waals surface area contributed by atoms with Crippen LogP contribution >= 0.6 is 11.3 Å². The zero-order chi connectivity index (χ0) is 18.0. The summed E-state index contributed by atoms with van der Waals surface area (Å²) < 4.78 is 39.6. The molecule has 128 valence electrons. The second-order valence-corrected chi connectivity index (χ2v) is 6.18. The molecule has 0 aliphatic rings. The van der Waals surface area contributed by atoms with Crippen molar-refractivity contribution in [2.75, 3.05) is 10.6 Å². The van der Waals surface area contributed by atoms with Crippen molar-refractivity contribution in [2.45, 2.75) is 6.92 Å². The third-order valence-electron chi connectivity index (χ3n) is 3.20. The molecule has 1 aromatic heterocycles. The van der Waals surface area contributed by atoms with Gasteiger partial charge in [-0.1, -0.05) is 17.4 Å². The largest absolute Gasteiger partial charge is 0.331 e. The molecular weight excluding hydrogens is 351 g/mol. The average Bonchev–Trinajstić information content (AvgIpc) is 2.86. The molecule has 0 saturated carbocycles. The highest BCUT2D eigenvalue weighted by molar-refractivity contribution is 7.17. The van der Waals surface area contributed by atoms with Crippen LogP contribution in [0.4, 0.5) is 29.7 Å². The minimum absolute atomic E-state index is 0.00920. The first-order valence-electron chi connectivity index (χ1n) is 7.18. The van der Waals surface area contributed by atoms with E-state index in [-0.39, 0.29) is 10.6 Å². The van der Waals surface area contributed by atoms with Crippen LogP contribution in [-0.2, 0) is 0 Å². The Morgan fingerprint density at radius 1 is 1.00 bits per heavy atom. The van der Waals surface area contributed by atoms with Crippen LogP contribution in [0.15, 0.2) is 42.5 Å². The van der Waals surface area contributed by atoms with E-state index in [9.17, 15) is 18.0 Å². The Labute approximate surface area is 145 Å². The minimum Gasteiger partial charge on any atom is -0.331 e. The molecule has 2 aromatic carbocycles. The number of hydrogen-bond acceptors (Lipinski definition) is 4. The van der Waals surface area contributed by atoms with Crippen molar-refractivity contribution in [1.82, 2.24) is 4.98 Å². The Hall–Kier alpha value is -2.87. The van der Waals surface area contributed by atoms with Gasteiger partial charge in [0.1, 0.15) is 22.3 Å². The Kier molecular flexibility index (Phi) is 4.71. The zero-order valence-electron chi connectivity index (χ0n) is 12.9. The molecular formula is C17H12F3N3OS. The van der Waals surface area contributed by atoms with Crippen LogP contribution < -0.4 is 10.6 Å². The highest BCUT2D eigenvalue weighted by Gasteiger charge is 2.16. The molecule has 0 bridgehead atoms. The molecule has 0 fully saturated rings. The predicted molar refractivity (Wildman–Crippen MR) is 90.8 cm³/mol. The molecule has 0 spiro atoms. The number of aromatic nitrogens is 1. The van der Waals surface area contributed by atoms with Gasteiger partial charge in [-0.15, -0.1) is 0 Å². The normalized spacial score (nSPS) is 10.6. The third kappa shape index (κ3) is 4.16. The molecule has 0 unspecified atom stereocenters. The Balaban J connectivity index is 1.78. The number of thiazole rings is 1. The van der Waals surface area contributed by atoms with E-state index in [0.717, 1.165) is 23.5 Å². The van der Waals surface area contributed by atoms with E-state index in [1.165, 1.54) is 12.1 Å². The van der Waals surface area contributed by atoms with Crippen LogP contribution in [-0.4, -0.2) is 10.9 Å². The van der Waals surface area contributed by atoms with Crippen molar-refractivity contribution < 1.29 is 18.0 Å². The topological polar surface area (TPSA) is 54.0 Å². The van der Waals surface area contributed by atoms with Gasteiger partial charge in [0.25, 0.3) is 5.91 Å². The lowest BCUT2D eigenvalue weighted by atomic mass is 10.3. The lowest BCUT2D eigenvalue weighted by Gasteiger charge is -2.04. The van der Waals surface area contributed by atoms with E-state index in [4.69, 9.17) is 0 Å². The average molecular weight is 363 g/mol. The van der Waals surface area contributed by atoms with Gasteiger partial charge in [0.15, 0.2) is 5.13 Å². The van der Waals surface area contributed by atoms with Gasteiger partial charge in [0.2, 0.25) is 0 Å². The van der Waals surface area contributed by atoms with Gasteiger partial charge in [-0.3, -0.25) is 4.79 Å². The predicted octanol–water partition coefficient (Wildman–Crippen LogP) is 4.86. The van der Waals surface area contributed by atoms with Crippen LogP contribution in [0.5, 0.6) is 0 Å². The molecule has 0 aliphatic heterocycles. The summed E-state index contributed by atoms with van der Waals surface area (Å²) in [7, 11) is 0. The van der Waals surface area contributed by atoms with Crippen LogP contribution in [0.3, 0.4) is 0 Å². The number of rotatable bonds is 4. The summed E-state index contributed by atoms with van der Waals surface area (Å²) in [4.78, 5) is 16.8. The number of amides is 1. The van der Waals surface area contributed by atoms with E-state index in [0.29, 0.717) is 22.6 Å². The molecule has 25 heavy (non-hydrogen) atoms. The number of nitrogens with zero attached hydrogens (tertiary/aromatic N) is 1. The highest BCUT2D eigenvalue weighted by atomic mass is 32.1. The maximum atomic E-state index is 13.2. The van der Waals surface area contributed by atoms with Crippen molar-refractivity contribution in [3.8, 4) is 0 Å². The number of anilines is 3. The van der Waals surface area contributed by atoms with Crippen molar-refractivity contribution in [1.29, 1.82) is 0 Å². The lowest BCUT2D eigenvalue weighted by Crippen LogP contribution is -2.11. The summed E-state index contributed by atoms with van der Waals surface area (Å²) in [6.07, 6.45) is 0. The quantitative estimate of drug-likeness (QED) is 0.696. The molecule has 0 radical (unpaired) electrons.